The van der Waals surface area contributed by atoms with E-state index in [1.807, 2.05) is 30.5 Å². The number of nitrogens with one attached hydrogen (secondary N) is 1. The van der Waals surface area contributed by atoms with Gasteiger partial charge in [-0.2, -0.15) is 0 Å². The van der Waals surface area contributed by atoms with Gasteiger partial charge in [0, 0.05) is 30.2 Å². The second kappa shape index (κ2) is 8.19. The van der Waals surface area contributed by atoms with E-state index in [1.165, 1.54) is 16.2 Å². The molecule has 0 radical (unpaired) electrons. The smallest absolute Gasteiger partial charge is 0.290 e. The Labute approximate surface area is 211 Å². The minimum absolute atomic E-state index is 0.0412. The number of nitro groups is 1. The van der Waals surface area contributed by atoms with E-state index < -0.39 is 0 Å². The zero-order valence-electron chi connectivity index (χ0n) is 20.3. The molecule has 2 amide bonds. The molecule has 1 N–H and O–H groups in total. The van der Waals surface area contributed by atoms with Gasteiger partial charge in [-0.3, -0.25) is 29.6 Å². The molecular formula is C25H27N5O5S. The largest absolute Gasteiger partial charge is 0.374 e. The van der Waals surface area contributed by atoms with Crippen molar-refractivity contribution >= 4 is 38.9 Å². The van der Waals surface area contributed by atoms with Crippen LogP contribution in [0.1, 0.15) is 24.4 Å². The summed E-state index contributed by atoms with van der Waals surface area (Å²) in [7, 11) is 0. The third-order valence-electron chi connectivity index (χ3n) is 7.86. The summed E-state index contributed by atoms with van der Waals surface area (Å²) < 4.78 is 8.66. The van der Waals surface area contributed by atoms with Gasteiger partial charge < -0.3 is 14.6 Å². The van der Waals surface area contributed by atoms with Gasteiger partial charge >= 0.3 is 0 Å². The second-order valence-corrected chi connectivity index (χ2v) is 11.5. The van der Waals surface area contributed by atoms with Crippen LogP contribution < -0.4 is 5.32 Å². The van der Waals surface area contributed by atoms with E-state index in [0.717, 1.165) is 21.5 Å². The monoisotopic (exact) mass is 509 g/mol. The Bertz CT molecular complexity index is 1400. The number of hydrogen-bond acceptors (Lipinski definition) is 8. The van der Waals surface area contributed by atoms with Gasteiger partial charge in [0.2, 0.25) is 11.8 Å². The van der Waals surface area contributed by atoms with Gasteiger partial charge in [-0.1, -0.05) is 13.8 Å². The maximum absolute atomic E-state index is 12.8. The van der Waals surface area contributed by atoms with Crippen molar-refractivity contribution in [3.63, 3.8) is 0 Å². The first-order chi connectivity index (χ1) is 17.2. The number of thiophene rings is 1. The van der Waals surface area contributed by atoms with E-state index in [1.54, 1.807) is 19.2 Å². The molecule has 6 rings (SSSR count). The lowest BCUT2D eigenvalue weighted by molar-refractivity contribution is -0.385. The highest BCUT2D eigenvalue weighted by molar-refractivity contribution is 7.19. The van der Waals surface area contributed by atoms with Crippen LogP contribution in [0.4, 0.5) is 5.69 Å². The van der Waals surface area contributed by atoms with Crippen molar-refractivity contribution in [1.82, 2.24) is 19.8 Å². The normalized spacial score (nSPS) is 25.0. The molecule has 188 valence electrons. The highest BCUT2D eigenvalue weighted by atomic mass is 32.1. The van der Waals surface area contributed by atoms with E-state index in [0.29, 0.717) is 36.8 Å². The summed E-state index contributed by atoms with van der Waals surface area (Å²) >= 11 is 1.47. The lowest BCUT2D eigenvalue weighted by Gasteiger charge is -2.25. The van der Waals surface area contributed by atoms with Crippen molar-refractivity contribution in [1.29, 1.82) is 0 Å². The molecule has 2 saturated heterocycles. The average molecular weight is 510 g/mol. The summed E-state index contributed by atoms with van der Waals surface area (Å²) in [4.78, 5) is 43.9. The molecule has 0 bridgehead atoms. The predicted octanol–water partition coefficient (Wildman–Crippen LogP) is 3.11. The van der Waals surface area contributed by atoms with Gasteiger partial charge in [-0.05, 0) is 29.9 Å². The molecule has 1 aliphatic carbocycles. The van der Waals surface area contributed by atoms with Crippen LogP contribution in [-0.4, -0.2) is 57.0 Å². The first-order valence-corrected chi connectivity index (χ1v) is 12.9. The zero-order chi connectivity index (χ0) is 25.4. The lowest BCUT2D eigenvalue weighted by Crippen LogP contribution is -2.41. The minimum atomic E-state index is -0.368. The lowest BCUT2D eigenvalue weighted by atomic mass is 10.1. The van der Waals surface area contributed by atoms with E-state index in [4.69, 9.17) is 4.74 Å². The molecule has 0 aromatic carbocycles. The number of aromatic nitrogens is 2. The second-order valence-electron chi connectivity index (χ2n) is 10.4. The van der Waals surface area contributed by atoms with Crippen LogP contribution in [0.5, 0.6) is 0 Å². The number of fused-ring (bicyclic) bond motifs is 2. The van der Waals surface area contributed by atoms with Gasteiger partial charge in [0.15, 0.2) is 0 Å². The summed E-state index contributed by atoms with van der Waals surface area (Å²) in [5.74, 6) is -0.598. The molecule has 2 unspecified atom stereocenters. The Kier molecular flexibility index (Phi) is 5.29. The SMILES string of the molecule is Cc1c([N+](=O)[O-])cc(-c2nccc3cc(CN4C(=O)C5C(C4=O)C5(C)C)sc23)n1C[C@@H]1CNCCO1. The first kappa shape index (κ1) is 23.3. The minimum Gasteiger partial charge on any atom is -0.374 e. The van der Waals surface area contributed by atoms with Crippen molar-refractivity contribution in [3.05, 3.63) is 45.1 Å². The number of hydrogen-bond donors (Lipinski definition) is 1. The van der Waals surface area contributed by atoms with Gasteiger partial charge in [0.05, 0.1) is 58.6 Å². The highest BCUT2D eigenvalue weighted by Gasteiger charge is 2.72. The third-order valence-corrected chi connectivity index (χ3v) is 9.00. The fourth-order valence-corrected chi connectivity index (χ4v) is 6.92. The van der Waals surface area contributed by atoms with E-state index in [9.17, 15) is 19.7 Å². The highest BCUT2D eigenvalue weighted by Crippen LogP contribution is 2.63. The fraction of sp³-hybridized carbons (Fsp3) is 0.480. The summed E-state index contributed by atoms with van der Waals surface area (Å²) in [6, 6.07) is 5.44. The number of pyridine rings is 1. The van der Waals surface area contributed by atoms with Crippen LogP contribution in [-0.2, 0) is 27.4 Å². The molecule has 3 atom stereocenters. The van der Waals surface area contributed by atoms with Gasteiger partial charge in [-0.25, -0.2) is 0 Å². The average Bonchev–Trinajstić information content (AvgIpc) is 3.14. The van der Waals surface area contributed by atoms with Crippen LogP contribution in [0, 0.1) is 34.3 Å². The molecular weight excluding hydrogens is 482 g/mol. The summed E-state index contributed by atoms with van der Waals surface area (Å²) in [6.07, 6.45) is 1.58. The number of amides is 2. The van der Waals surface area contributed by atoms with Crippen molar-refractivity contribution in [2.24, 2.45) is 17.3 Å². The van der Waals surface area contributed by atoms with Crippen molar-refractivity contribution in [3.8, 4) is 11.4 Å². The molecule has 11 heteroatoms. The molecule has 1 saturated carbocycles. The van der Waals surface area contributed by atoms with Crippen LogP contribution in [0.15, 0.2) is 24.4 Å². The quantitative estimate of drug-likeness (QED) is 0.308. The maximum atomic E-state index is 12.8. The Hall–Kier alpha value is -3.15. The molecule has 3 aromatic rings. The van der Waals surface area contributed by atoms with E-state index >= 15 is 0 Å². The fourth-order valence-electron chi connectivity index (χ4n) is 5.78. The van der Waals surface area contributed by atoms with Gasteiger partial charge in [0.25, 0.3) is 5.69 Å². The number of carbonyl (C=O) groups excluding carboxylic acids is 2. The Morgan fingerprint density at radius 2 is 2.03 bits per heavy atom. The van der Waals surface area contributed by atoms with Crippen LogP contribution in [0.3, 0.4) is 0 Å². The molecule has 3 aliphatic rings. The molecule has 3 fully saturated rings. The third kappa shape index (κ3) is 3.48. The maximum Gasteiger partial charge on any atom is 0.290 e. The van der Waals surface area contributed by atoms with Crippen LogP contribution >= 0.6 is 11.3 Å². The summed E-state index contributed by atoms with van der Waals surface area (Å²) in [5, 5.41) is 16.0. The summed E-state index contributed by atoms with van der Waals surface area (Å²) in [6.45, 7) is 8.44. The number of nitrogens with zero attached hydrogens (tertiary/aromatic N) is 4. The number of piperidine rings is 1. The number of morpholine rings is 1. The zero-order valence-corrected chi connectivity index (χ0v) is 21.1. The van der Waals surface area contributed by atoms with E-state index in [-0.39, 0.29) is 52.3 Å². The molecule has 0 spiro atoms. The molecule has 3 aromatic heterocycles. The number of carbonyl (C=O) groups is 2. The van der Waals surface area contributed by atoms with Gasteiger partial charge in [0.1, 0.15) is 5.69 Å². The first-order valence-electron chi connectivity index (χ1n) is 12.1. The number of ether oxygens (including phenoxy) is 1. The van der Waals surface area contributed by atoms with Crippen LogP contribution in [0.25, 0.3) is 21.5 Å². The summed E-state index contributed by atoms with van der Waals surface area (Å²) in [5.41, 5.74) is 1.65. The predicted molar refractivity (Wildman–Crippen MR) is 133 cm³/mol. The van der Waals surface area contributed by atoms with Crippen molar-refractivity contribution < 1.29 is 19.2 Å². The Morgan fingerprint density at radius 3 is 2.69 bits per heavy atom. The molecule has 5 heterocycles. The van der Waals surface area contributed by atoms with E-state index in [2.05, 4.69) is 10.3 Å². The van der Waals surface area contributed by atoms with Crippen LogP contribution in [0.2, 0.25) is 0 Å². The molecule has 36 heavy (non-hydrogen) atoms. The topological polar surface area (TPSA) is 120 Å². The number of likely N-dealkylation sites (tertiary alicyclic amines) is 1. The molecule has 10 nitrogen and oxygen atoms in total. The number of rotatable bonds is 6. The van der Waals surface area contributed by atoms with Crippen molar-refractivity contribution in [2.45, 2.75) is 40.0 Å². The number of imide groups is 1. The van der Waals surface area contributed by atoms with Crippen molar-refractivity contribution in [2.75, 3.05) is 19.7 Å². The standard InChI is InChI=1S/C25H27N5O5S/c1-13-17(30(33)34)9-18(28(13)11-15-10-26-6-7-35-15)21-22-14(4-5-27-21)8-16(36-22)12-29-23(31)19-20(24(29)32)25(19,2)3/h4-5,8-9,15,19-20,26H,6-7,10-12H2,1-3H3/t15-,19?,20?/m0/s1. The van der Waals surface area contributed by atoms with Gasteiger partial charge in [-0.15, -0.1) is 11.3 Å². The Balaban J connectivity index is 1.36. The molecule has 2 aliphatic heterocycles. The Morgan fingerprint density at radius 1 is 1.28 bits per heavy atom.